The summed E-state index contributed by atoms with van der Waals surface area (Å²) in [5.74, 6) is -1.59. The molecular formula is C12H13ClFNO3. The number of carboxylic acids is 1. The fourth-order valence-corrected chi connectivity index (χ4v) is 2.30. The van der Waals surface area contributed by atoms with Gasteiger partial charge in [0.1, 0.15) is 16.6 Å². The van der Waals surface area contributed by atoms with Crippen LogP contribution in [0.1, 0.15) is 18.0 Å². The molecule has 2 unspecified atom stereocenters. The van der Waals surface area contributed by atoms with E-state index >= 15 is 0 Å². The number of ether oxygens (including phenoxy) is 1. The molecule has 0 radical (unpaired) electrons. The smallest absolute Gasteiger partial charge is 0.307 e. The van der Waals surface area contributed by atoms with E-state index in [4.69, 9.17) is 21.4 Å². The Bertz CT molecular complexity index is 481. The van der Waals surface area contributed by atoms with E-state index in [-0.39, 0.29) is 16.8 Å². The molecule has 1 aliphatic rings. The molecule has 2 N–H and O–H groups in total. The van der Waals surface area contributed by atoms with Gasteiger partial charge in [-0.05, 0) is 24.1 Å². The molecule has 0 aliphatic carbocycles. The third kappa shape index (κ3) is 2.42. The van der Waals surface area contributed by atoms with Crippen LogP contribution in [-0.2, 0) is 4.79 Å². The molecule has 4 nitrogen and oxygen atoms in total. The van der Waals surface area contributed by atoms with Gasteiger partial charge in [-0.1, -0.05) is 11.6 Å². The summed E-state index contributed by atoms with van der Waals surface area (Å²) in [6, 6.07) is 2.76. The van der Waals surface area contributed by atoms with Crippen molar-refractivity contribution in [1.29, 1.82) is 0 Å². The lowest BCUT2D eigenvalue weighted by Crippen LogP contribution is -2.17. The maximum atomic E-state index is 13.6. The minimum absolute atomic E-state index is 0.0611. The lowest BCUT2D eigenvalue weighted by molar-refractivity contribution is -0.141. The molecule has 0 aromatic heterocycles. The summed E-state index contributed by atoms with van der Waals surface area (Å²) < 4.78 is 18.6. The number of carboxylic acid groups (broad SMARTS) is 1. The maximum Gasteiger partial charge on any atom is 0.307 e. The second-order valence-electron chi connectivity index (χ2n) is 4.25. The van der Waals surface area contributed by atoms with Crippen molar-refractivity contribution in [2.75, 3.05) is 13.7 Å². The standard InChI is InChI=1S/C12H13ClFNO3/c1-18-10-4-6(2-8(14)11(10)13)9-3-7(5-15-9)12(16)17/h2,4,7,9,15H,3,5H2,1H3,(H,16,17). The highest BCUT2D eigenvalue weighted by atomic mass is 35.5. The van der Waals surface area contributed by atoms with Gasteiger partial charge < -0.3 is 15.2 Å². The van der Waals surface area contributed by atoms with Crippen molar-refractivity contribution >= 4 is 17.6 Å². The average Bonchev–Trinajstić information content (AvgIpc) is 2.82. The number of carbonyl (C=O) groups is 1. The lowest BCUT2D eigenvalue weighted by atomic mass is 10.00. The number of benzene rings is 1. The normalized spacial score (nSPS) is 23.1. The van der Waals surface area contributed by atoms with Crippen molar-refractivity contribution in [3.63, 3.8) is 0 Å². The van der Waals surface area contributed by atoms with E-state index in [0.717, 1.165) is 0 Å². The first kappa shape index (κ1) is 13.1. The summed E-state index contributed by atoms with van der Waals surface area (Å²) in [7, 11) is 1.41. The Hall–Kier alpha value is -1.33. The van der Waals surface area contributed by atoms with Crippen LogP contribution < -0.4 is 10.1 Å². The van der Waals surface area contributed by atoms with E-state index in [0.29, 0.717) is 18.5 Å². The lowest BCUT2D eigenvalue weighted by Gasteiger charge is -2.13. The van der Waals surface area contributed by atoms with Gasteiger partial charge in [-0.25, -0.2) is 4.39 Å². The molecule has 0 saturated carbocycles. The number of rotatable bonds is 3. The first-order chi connectivity index (χ1) is 8.52. The van der Waals surface area contributed by atoms with Gasteiger partial charge in [-0.2, -0.15) is 0 Å². The number of hydrogen-bond donors (Lipinski definition) is 2. The van der Waals surface area contributed by atoms with Crippen LogP contribution in [0.4, 0.5) is 4.39 Å². The molecular weight excluding hydrogens is 261 g/mol. The van der Waals surface area contributed by atoms with E-state index in [9.17, 15) is 9.18 Å². The Morgan fingerprint density at radius 2 is 2.33 bits per heavy atom. The van der Waals surface area contributed by atoms with E-state index in [1.54, 1.807) is 6.07 Å². The highest BCUT2D eigenvalue weighted by Gasteiger charge is 2.30. The molecule has 0 bridgehead atoms. The van der Waals surface area contributed by atoms with Gasteiger partial charge in [-0.3, -0.25) is 4.79 Å². The average molecular weight is 274 g/mol. The van der Waals surface area contributed by atoms with Gasteiger partial charge in [0.05, 0.1) is 13.0 Å². The van der Waals surface area contributed by atoms with Crippen LogP contribution in [0.2, 0.25) is 5.02 Å². The Kier molecular flexibility index (Phi) is 3.73. The molecule has 1 aromatic carbocycles. The molecule has 6 heteroatoms. The molecule has 1 fully saturated rings. The first-order valence-electron chi connectivity index (χ1n) is 5.52. The van der Waals surface area contributed by atoms with Gasteiger partial charge in [0.25, 0.3) is 0 Å². The Morgan fingerprint density at radius 1 is 1.61 bits per heavy atom. The van der Waals surface area contributed by atoms with Crippen LogP contribution in [0.5, 0.6) is 5.75 Å². The van der Waals surface area contributed by atoms with E-state index in [2.05, 4.69) is 5.32 Å². The highest BCUT2D eigenvalue weighted by Crippen LogP contribution is 2.34. The van der Waals surface area contributed by atoms with Gasteiger partial charge in [0, 0.05) is 12.6 Å². The summed E-state index contributed by atoms with van der Waals surface area (Å²) in [6.07, 6.45) is 0.430. The molecule has 98 valence electrons. The van der Waals surface area contributed by atoms with Crippen molar-refractivity contribution in [3.05, 3.63) is 28.5 Å². The zero-order valence-corrected chi connectivity index (χ0v) is 10.5. The zero-order chi connectivity index (χ0) is 13.3. The number of methoxy groups -OCH3 is 1. The summed E-state index contributed by atoms with van der Waals surface area (Å²) >= 11 is 5.74. The van der Waals surface area contributed by atoms with Crippen molar-refractivity contribution in [2.24, 2.45) is 5.92 Å². The Balaban J connectivity index is 2.25. The van der Waals surface area contributed by atoms with Crippen molar-refractivity contribution in [3.8, 4) is 5.75 Å². The van der Waals surface area contributed by atoms with E-state index in [1.807, 2.05) is 0 Å². The quantitative estimate of drug-likeness (QED) is 0.887. The second kappa shape index (κ2) is 5.12. The predicted molar refractivity (Wildman–Crippen MR) is 64.4 cm³/mol. The Labute approximate surface area is 109 Å². The predicted octanol–water partition coefficient (Wildman–Crippen LogP) is 2.22. The number of aliphatic carboxylic acids is 1. The van der Waals surface area contributed by atoms with Crippen molar-refractivity contribution in [2.45, 2.75) is 12.5 Å². The molecule has 2 atom stereocenters. The second-order valence-corrected chi connectivity index (χ2v) is 4.63. The van der Waals surface area contributed by atoms with Crippen LogP contribution >= 0.6 is 11.6 Å². The first-order valence-corrected chi connectivity index (χ1v) is 5.90. The van der Waals surface area contributed by atoms with E-state index in [1.165, 1.54) is 13.2 Å². The largest absolute Gasteiger partial charge is 0.495 e. The van der Waals surface area contributed by atoms with Crippen LogP contribution in [0.25, 0.3) is 0 Å². The summed E-state index contributed by atoms with van der Waals surface area (Å²) in [6.45, 7) is 0.382. The van der Waals surface area contributed by atoms with Crippen LogP contribution in [-0.4, -0.2) is 24.7 Å². The zero-order valence-electron chi connectivity index (χ0n) is 9.74. The van der Waals surface area contributed by atoms with Crippen molar-refractivity contribution < 1.29 is 19.0 Å². The molecule has 1 heterocycles. The number of nitrogens with one attached hydrogen (secondary N) is 1. The van der Waals surface area contributed by atoms with Gasteiger partial charge >= 0.3 is 5.97 Å². The molecule has 0 amide bonds. The summed E-state index contributed by atoms with van der Waals surface area (Å²) in [5.41, 5.74) is 0.650. The third-order valence-corrected chi connectivity index (χ3v) is 3.49. The fraction of sp³-hybridized carbons (Fsp3) is 0.417. The summed E-state index contributed by atoms with van der Waals surface area (Å²) in [5, 5.41) is 11.9. The Morgan fingerprint density at radius 3 is 2.89 bits per heavy atom. The van der Waals surface area contributed by atoms with Crippen LogP contribution in [0.15, 0.2) is 12.1 Å². The summed E-state index contributed by atoms with van der Waals surface area (Å²) in [4.78, 5) is 10.9. The SMILES string of the molecule is COc1cc(C2CC(C(=O)O)CN2)cc(F)c1Cl. The van der Waals surface area contributed by atoms with Gasteiger partial charge in [-0.15, -0.1) is 0 Å². The minimum atomic E-state index is -0.841. The van der Waals surface area contributed by atoms with Crippen LogP contribution in [0, 0.1) is 11.7 Å². The topological polar surface area (TPSA) is 58.6 Å². The molecule has 1 aliphatic heterocycles. The van der Waals surface area contributed by atoms with Gasteiger partial charge in [0.15, 0.2) is 0 Å². The molecule has 2 rings (SSSR count). The number of hydrogen-bond acceptors (Lipinski definition) is 3. The third-order valence-electron chi connectivity index (χ3n) is 3.12. The van der Waals surface area contributed by atoms with Crippen LogP contribution in [0.3, 0.4) is 0 Å². The molecule has 1 aromatic rings. The minimum Gasteiger partial charge on any atom is -0.495 e. The number of halogens is 2. The molecule has 1 saturated heterocycles. The highest BCUT2D eigenvalue weighted by molar-refractivity contribution is 6.32. The van der Waals surface area contributed by atoms with E-state index < -0.39 is 17.7 Å². The fourth-order valence-electron chi connectivity index (χ4n) is 2.11. The molecule has 18 heavy (non-hydrogen) atoms. The van der Waals surface area contributed by atoms with Crippen molar-refractivity contribution in [1.82, 2.24) is 5.32 Å². The monoisotopic (exact) mass is 273 g/mol. The maximum absolute atomic E-state index is 13.6. The van der Waals surface area contributed by atoms with Gasteiger partial charge in [0.2, 0.25) is 0 Å². The molecule has 0 spiro atoms.